The summed E-state index contributed by atoms with van der Waals surface area (Å²) in [6.07, 6.45) is 0. The van der Waals surface area contributed by atoms with Crippen LogP contribution in [0.15, 0.2) is 29.1 Å². The average molecular weight is 312 g/mol. The molecule has 0 saturated carbocycles. The van der Waals surface area contributed by atoms with Gasteiger partial charge in [-0.3, -0.25) is 4.79 Å². The molecule has 0 radical (unpaired) electrons. The van der Waals surface area contributed by atoms with Gasteiger partial charge in [-0.1, -0.05) is 23.2 Å². The number of aromatic carboxylic acids is 1. The van der Waals surface area contributed by atoms with Gasteiger partial charge in [0.1, 0.15) is 0 Å². The largest absolute Gasteiger partial charge is 0.478 e. The van der Waals surface area contributed by atoms with Crippen LogP contribution in [0.25, 0.3) is 5.69 Å². The van der Waals surface area contributed by atoms with Gasteiger partial charge in [0.2, 0.25) is 0 Å². The summed E-state index contributed by atoms with van der Waals surface area (Å²) in [7, 11) is 0. The molecular formula is C14H11Cl2NO3. The molecule has 0 spiro atoms. The van der Waals surface area contributed by atoms with E-state index in [1.54, 1.807) is 18.4 Å². The molecule has 0 atom stereocenters. The van der Waals surface area contributed by atoms with Crippen molar-refractivity contribution < 1.29 is 9.90 Å². The number of aryl methyl sites for hydroxylation is 2. The van der Waals surface area contributed by atoms with Gasteiger partial charge >= 0.3 is 5.97 Å². The molecular weight excluding hydrogens is 301 g/mol. The summed E-state index contributed by atoms with van der Waals surface area (Å²) in [5.41, 5.74) is 1.71. The van der Waals surface area contributed by atoms with E-state index in [1.165, 1.54) is 24.3 Å². The predicted octanol–water partition coefficient (Wildman–Crippen LogP) is 3.46. The Kier molecular flexibility index (Phi) is 3.88. The molecule has 1 aromatic carbocycles. The van der Waals surface area contributed by atoms with E-state index >= 15 is 0 Å². The molecule has 0 fully saturated rings. The molecule has 4 nitrogen and oxygen atoms in total. The maximum atomic E-state index is 11.5. The van der Waals surface area contributed by atoms with E-state index in [9.17, 15) is 9.59 Å². The van der Waals surface area contributed by atoms with Crippen LogP contribution >= 0.6 is 23.2 Å². The zero-order chi connectivity index (χ0) is 15.0. The van der Waals surface area contributed by atoms with Crippen molar-refractivity contribution in [3.63, 3.8) is 0 Å². The smallest absolute Gasteiger partial charge is 0.335 e. The monoisotopic (exact) mass is 311 g/mol. The van der Waals surface area contributed by atoms with Gasteiger partial charge in [-0.2, -0.15) is 0 Å². The number of carboxylic acid groups (broad SMARTS) is 1. The number of carboxylic acids is 1. The van der Waals surface area contributed by atoms with Gasteiger partial charge in [-0.25, -0.2) is 4.79 Å². The maximum absolute atomic E-state index is 11.5. The molecule has 1 aromatic heterocycles. The fourth-order valence-electron chi connectivity index (χ4n) is 2.12. The minimum Gasteiger partial charge on any atom is -0.478 e. The highest BCUT2D eigenvalue weighted by molar-refractivity contribution is 6.38. The molecule has 0 aliphatic rings. The van der Waals surface area contributed by atoms with Crippen molar-refractivity contribution in [2.24, 2.45) is 0 Å². The number of hydrogen-bond donors (Lipinski definition) is 1. The van der Waals surface area contributed by atoms with Crippen LogP contribution in [0.4, 0.5) is 0 Å². The molecule has 0 aliphatic carbocycles. The highest BCUT2D eigenvalue weighted by Gasteiger charge is 2.15. The third-order valence-corrected chi connectivity index (χ3v) is 3.47. The minimum absolute atomic E-state index is 0.0140. The summed E-state index contributed by atoms with van der Waals surface area (Å²) < 4.78 is 1.72. The Labute approximate surface area is 125 Å². The van der Waals surface area contributed by atoms with Crippen LogP contribution < -0.4 is 5.43 Å². The van der Waals surface area contributed by atoms with Gasteiger partial charge in [0.25, 0.3) is 0 Å². The normalized spacial score (nSPS) is 10.6. The number of halogens is 2. The fraction of sp³-hybridized carbons (Fsp3) is 0.143. The molecule has 0 bridgehead atoms. The highest BCUT2D eigenvalue weighted by Crippen LogP contribution is 2.31. The Bertz CT molecular complexity index is 716. The second-order valence-corrected chi connectivity index (χ2v) is 5.22. The van der Waals surface area contributed by atoms with Crippen molar-refractivity contribution in [2.75, 3.05) is 0 Å². The molecule has 2 aromatic rings. The molecule has 0 aliphatic heterocycles. The summed E-state index contributed by atoms with van der Waals surface area (Å²) in [5, 5.41) is 9.40. The van der Waals surface area contributed by atoms with Crippen LogP contribution in [0.1, 0.15) is 21.7 Å². The molecule has 6 heteroatoms. The lowest BCUT2D eigenvalue weighted by atomic mass is 10.2. The van der Waals surface area contributed by atoms with Crippen LogP contribution in [0.2, 0.25) is 10.0 Å². The van der Waals surface area contributed by atoms with Gasteiger partial charge in [-0.15, -0.1) is 0 Å². The van der Waals surface area contributed by atoms with E-state index in [0.717, 1.165) is 0 Å². The first kappa shape index (κ1) is 14.6. The Hall–Kier alpha value is -1.78. The lowest BCUT2D eigenvalue weighted by molar-refractivity contribution is 0.0697. The predicted molar refractivity (Wildman–Crippen MR) is 78.5 cm³/mol. The first-order valence-electron chi connectivity index (χ1n) is 5.74. The van der Waals surface area contributed by atoms with Crippen molar-refractivity contribution in [1.82, 2.24) is 4.57 Å². The third-order valence-electron chi connectivity index (χ3n) is 2.90. The van der Waals surface area contributed by atoms with Crippen molar-refractivity contribution in [3.8, 4) is 5.69 Å². The number of rotatable bonds is 2. The van der Waals surface area contributed by atoms with E-state index in [4.69, 9.17) is 28.3 Å². The molecule has 0 unspecified atom stereocenters. The number of nitrogens with zero attached hydrogens (tertiary/aromatic N) is 1. The Balaban J connectivity index is 2.78. The van der Waals surface area contributed by atoms with Gasteiger partial charge in [0.15, 0.2) is 5.43 Å². The van der Waals surface area contributed by atoms with E-state index in [1.807, 2.05) is 0 Å². The fourth-order valence-corrected chi connectivity index (χ4v) is 2.77. The Morgan fingerprint density at radius 1 is 1.05 bits per heavy atom. The summed E-state index contributed by atoms with van der Waals surface area (Å²) in [5.74, 6) is -1.10. The number of benzene rings is 1. The zero-order valence-electron chi connectivity index (χ0n) is 10.8. The first-order chi connectivity index (χ1) is 9.31. The topological polar surface area (TPSA) is 59.3 Å². The van der Waals surface area contributed by atoms with E-state index in [-0.39, 0.29) is 21.0 Å². The number of aromatic nitrogens is 1. The zero-order valence-corrected chi connectivity index (χ0v) is 12.3. The summed E-state index contributed by atoms with van der Waals surface area (Å²) in [4.78, 5) is 22.4. The van der Waals surface area contributed by atoms with E-state index < -0.39 is 5.97 Å². The molecule has 0 saturated heterocycles. The van der Waals surface area contributed by atoms with Crippen LogP contribution in [-0.4, -0.2) is 15.6 Å². The summed E-state index contributed by atoms with van der Waals surface area (Å²) in [6.45, 7) is 3.51. The van der Waals surface area contributed by atoms with Crippen molar-refractivity contribution in [2.45, 2.75) is 13.8 Å². The van der Waals surface area contributed by atoms with E-state index in [0.29, 0.717) is 17.1 Å². The molecule has 104 valence electrons. The van der Waals surface area contributed by atoms with Gasteiger partial charge < -0.3 is 9.67 Å². The van der Waals surface area contributed by atoms with E-state index in [2.05, 4.69) is 0 Å². The molecule has 1 N–H and O–H groups in total. The van der Waals surface area contributed by atoms with Gasteiger partial charge in [0, 0.05) is 23.5 Å². The average Bonchev–Trinajstić information content (AvgIpc) is 2.30. The van der Waals surface area contributed by atoms with Crippen molar-refractivity contribution in [3.05, 3.63) is 61.5 Å². The summed E-state index contributed by atoms with van der Waals surface area (Å²) >= 11 is 12.3. The molecule has 0 amide bonds. The van der Waals surface area contributed by atoms with Gasteiger partial charge in [-0.05, 0) is 26.0 Å². The third kappa shape index (κ3) is 2.57. The van der Waals surface area contributed by atoms with Crippen LogP contribution in [0.3, 0.4) is 0 Å². The number of pyridine rings is 1. The lowest BCUT2D eigenvalue weighted by Crippen LogP contribution is -2.12. The van der Waals surface area contributed by atoms with Crippen LogP contribution in [0.5, 0.6) is 0 Å². The van der Waals surface area contributed by atoms with Crippen molar-refractivity contribution in [1.29, 1.82) is 0 Å². The second-order valence-electron chi connectivity index (χ2n) is 4.40. The maximum Gasteiger partial charge on any atom is 0.335 e. The van der Waals surface area contributed by atoms with Crippen molar-refractivity contribution >= 4 is 29.2 Å². The van der Waals surface area contributed by atoms with Gasteiger partial charge in [0.05, 0.1) is 21.3 Å². The SMILES string of the molecule is Cc1cc(=O)cc(C)n1-c1c(Cl)cc(C(=O)O)cc1Cl. The quantitative estimate of drug-likeness (QED) is 0.924. The Morgan fingerprint density at radius 2 is 1.50 bits per heavy atom. The highest BCUT2D eigenvalue weighted by atomic mass is 35.5. The Morgan fingerprint density at radius 3 is 1.90 bits per heavy atom. The first-order valence-corrected chi connectivity index (χ1v) is 6.50. The molecule has 20 heavy (non-hydrogen) atoms. The van der Waals surface area contributed by atoms with Crippen LogP contribution in [-0.2, 0) is 0 Å². The van der Waals surface area contributed by atoms with Crippen LogP contribution in [0, 0.1) is 13.8 Å². The molecule has 1 heterocycles. The number of hydrogen-bond acceptors (Lipinski definition) is 2. The second kappa shape index (κ2) is 5.31. The lowest BCUT2D eigenvalue weighted by Gasteiger charge is -2.17. The standard InChI is InChI=1S/C14H11Cl2NO3/c1-7-3-10(18)4-8(2)17(7)13-11(15)5-9(14(19)20)6-12(13)16/h3-6H,1-2H3,(H,19,20). The number of carbonyl (C=O) groups is 1. The minimum atomic E-state index is -1.10. The molecule has 2 rings (SSSR count). The summed E-state index contributed by atoms with van der Waals surface area (Å²) in [6, 6.07) is 5.60.